The van der Waals surface area contributed by atoms with E-state index in [1.807, 2.05) is 11.6 Å². The Morgan fingerprint density at radius 1 is 1.25 bits per heavy atom. The SMILES string of the molecule is CCOCCCn1nc(CC)c(N)c1CC. The standard InChI is InChI=1S/C12H23N3O/c1-4-10-12(13)11(5-2)15(14-10)8-7-9-16-6-3/h4-9,13H2,1-3H3. The molecule has 0 aliphatic rings. The number of hydrogen-bond donors (Lipinski definition) is 1. The summed E-state index contributed by atoms with van der Waals surface area (Å²) in [6, 6.07) is 0. The van der Waals surface area contributed by atoms with Gasteiger partial charge in [-0.05, 0) is 26.2 Å². The van der Waals surface area contributed by atoms with Crippen molar-refractivity contribution in [2.45, 2.75) is 46.6 Å². The fraction of sp³-hybridized carbons (Fsp3) is 0.750. The van der Waals surface area contributed by atoms with E-state index in [2.05, 4.69) is 18.9 Å². The van der Waals surface area contributed by atoms with Crippen molar-refractivity contribution >= 4 is 5.69 Å². The van der Waals surface area contributed by atoms with Crippen molar-refractivity contribution in [2.24, 2.45) is 0 Å². The van der Waals surface area contributed by atoms with Crippen LogP contribution in [0.25, 0.3) is 0 Å². The van der Waals surface area contributed by atoms with Crippen LogP contribution >= 0.6 is 0 Å². The van der Waals surface area contributed by atoms with Crippen LogP contribution in [0.15, 0.2) is 0 Å². The Kier molecular flexibility index (Phi) is 5.32. The molecule has 1 heterocycles. The molecule has 1 aromatic heterocycles. The van der Waals surface area contributed by atoms with Gasteiger partial charge < -0.3 is 10.5 Å². The maximum atomic E-state index is 6.04. The van der Waals surface area contributed by atoms with Crippen molar-refractivity contribution in [3.8, 4) is 0 Å². The molecule has 0 bridgehead atoms. The van der Waals surface area contributed by atoms with E-state index in [0.29, 0.717) is 0 Å². The Balaban J connectivity index is 2.64. The third kappa shape index (κ3) is 2.98. The summed E-state index contributed by atoms with van der Waals surface area (Å²) in [5.41, 5.74) is 9.10. The average molecular weight is 225 g/mol. The lowest BCUT2D eigenvalue weighted by molar-refractivity contribution is 0.140. The summed E-state index contributed by atoms with van der Waals surface area (Å²) in [6.45, 7) is 8.68. The predicted molar refractivity (Wildman–Crippen MR) is 66.5 cm³/mol. The summed E-state index contributed by atoms with van der Waals surface area (Å²) in [5.74, 6) is 0. The first-order valence-electron chi connectivity index (χ1n) is 6.16. The number of nitrogen functional groups attached to an aromatic ring is 1. The third-order valence-electron chi connectivity index (χ3n) is 2.71. The van der Waals surface area contributed by atoms with Crippen LogP contribution in [0.3, 0.4) is 0 Å². The molecule has 0 radical (unpaired) electrons. The monoisotopic (exact) mass is 225 g/mol. The number of ether oxygens (including phenoxy) is 1. The molecule has 0 unspecified atom stereocenters. The highest BCUT2D eigenvalue weighted by Gasteiger charge is 2.11. The van der Waals surface area contributed by atoms with E-state index in [0.717, 1.165) is 56.1 Å². The summed E-state index contributed by atoms with van der Waals surface area (Å²) in [5, 5.41) is 4.53. The molecule has 0 saturated carbocycles. The maximum Gasteiger partial charge on any atom is 0.0854 e. The van der Waals surface area contributed by atoms with E-state index in [-0.39, 0.29) is 0 Å². The molecule has 1 rings (SSSR count). The van der Waals surface area contributed by atoms with E-state index < -0.39 is 0 Å². The molecule has 0 atom stereocenters. The number of hydrogen-bond acceptors (Lipinski definition) is 3. The second-order valence-corrected chi connectivity index (χ2v) is 3.79. The van der Waals surface area contributed by atoms with Gasteiger partial charge in [-0.1, -0.05) is 13.8 Å². The Bertz CT molecular complexity index is 320. The molecule has 0 saturated heterocycles. The van der Waals surface area contributed by atoms with Crippen LogP contribution in [0.2, 0.25) is 0 Å². The molecule has 1 aromatic rings. The highest BCUT2D eigenvalue weighted by molar-refractivity contribution is 5.48. The minimum Gasteiger partial charge on any atom is -0.396 e. The van der Waals surface area contributed by atoms with Crippen molar-refractivity contribution in [3.63, 3.8) is 0 Å². The highest BCUT2D eigenvalue weighted by atomic mass is 16.5. The lowest BCUT2D eigenvalue weighted by atomic mass is 10.2. The molecule has 0 aliphatic heterocycles. The van der Waals surface area contributed by atoms with Crippen molar-refractivity contribution in [1.82, 2.24) is 9.78 Å². The number of rotatable bonds is 7. The number of nitrogens with two attached hydrogens (primary N) is 1. The van der Waals surface area contributed by atoms with Gasteiger partial charge in [0.05, 0.1) is 17.1 Å². The summed E-state index contributed by atoms with van der Waals surface area (Å²) in [4.78, 5) is 0. The number of aromatic nitrogens is 2. The topological polar surface area (TPSA) is 53.1 Å². The third-order valence-corrected chi connectivity index (χ3v) is 2.71. The highest BCUT2D eigenvalue weighted by Crippen LogP contribution is 2.18. The first-order chi connectivity index (χ1) is 7.74. The van der Waals surface area contributed by atoms with Crippen molar-refractivity contribution in [3.05, 3.63) is 11.4 Å². The van der Waals surface area contributed by atoms with Crippen molar-refractivity contribution in [2.75, 3.05) is 18.9 Å². The fourth-order valence-electron chi connectivity index (χ4n) is 1.85. The van der Waals surface area contributed by atoms with Crippen LogP contribution in [0.1, 0.15) is 38.6 Å². The van der Waals surface area contributed by atoms with Gasteiger partial charge in [0.2, 0.25) is 0 Å². The lowest BCUT2D eigenvalue weighted by Gasteiger charge is -2.06. The first kappa shape index (κ1) is 13.0. The molecule has 2 N–H and O–H groups in total. The quantitative estimate of drug-likeness (QED) is 0.722. The number of anilines is 1. The summed E-state index contributed by atoms with van der Waals surface area (Å²) in [6.07, 6.45) is 2.83. The fourth-order valence-corrected chi connectivity index (χ4v) is 1.85. The zero-order valence-corrected chi connectivity index (χ0v) is 10.6. The average Bonchev–Trinajstić information content (AvgIpc) is 2.60. The molecule has 4 heteroatoms. The van der Waals surface area contributed by atoms with Gasteiger partial charge in [0.25, 0.3) is 0 Å². The van der Waals surface area contributed by atoms with E-state index in [1.165, 1.54) is 0 Å². The zero-order chi connectivity index (χ0) is 12.0. The van der Waals surface area contributed by atoms with Gasteiger partial charge in [-0.2, -0.15) is 5.10 Å². The van der Waals surface area contributed by atoms with Gasteiger partial charge in [-0.3, -0.25) is 4.68 Å². The minimum atomic E-state index is 0.780. The molecule has 0 amide bonds. The zero-order valence-electron chi connectivity index (χ0n) is 10.6. The van der Waals surface area contributed by atoms with Gasteiger partial charge >= 0.3 is 0 Å². The van der Waals surface area contributed by atoms with E-state index in [4.69, 9.17) is 10.5 Å². The van der Waals surface area contributed by atoms with Crippen LogP contribution in [-0.2, 0) is 24.1 Å². The molecule has 0 aliphatic carbocycles. The van der Waals surface area contributed by atoms with E-state index >= 15 is 0 Å². The molecule has 92 valence electrons. The molecule has 4 nitrogen and oxygen atoms in total. The lowest BCUT2D eigenvalue weighted by Crippen LogP contribution is -2.08. The van der Waals surface area contributed by atoms with Crippen molar-refractivity contribution in [1.29, 1.82) is 0 Å². The summed E-state index contributed by atoms with van der Waals surface area (Å²) >= 11 is 0. The second-order valence-electron chi connectivity index (χ2n) is 3.79. The van der Waals surface area contributed by atoms with Gasteiger partial charge in [0.15, 0.2) is 0 Å². The minimum absolute atomic E-state index is 0.780. The Hall–Kier alpha value is -1.03. The van der Waals surface area contributed by atoms with E-state index in [1.54, 1.807) is 0 Å². The molecule has 0 aromatic carbocycles. The van der Waals surface area contributed by atoms with Crippen molar-refractivity contribution < 1.29 is 4.74 Å². The van der Waals surface area contributed by atoms with Crippen LogP contribution < -0.4 is 5.73 Å². The molecule has 0 fully saturated rings. The Morgan fingerprint density at radius 2 is 2.00 bits per heavy atom. The number of nitrogens with zero attached hydrogens (tertiary/aromatic N) is 2. The smallest absolute Gasteiger partial charge is 0.0854 e. The Labute approximate surface area is 97.8 Å². The van der Waals surface area contributed by atoms with Crippen LogP contribution in [-0.4, -0.2) is 23.0 Å². The normalized spacial score (nSPS) is 10.9. The molecule has 16 heavy (non-hydrogen) atoms. The van der Waals surface area contributed by atoms with Crippen LogP contribution in [0.4, 0.5) is 5.69 Å². The summed E-state index contributed by atoms with van der Waals surface area (Å²) in [7, 11) is 0. The molecular formula is C12H23N3O. The van der Waals surface area contributed by atoms with E-state index in [9.17, 15) is 0 Å². The van der Waals surface area contributed by atoms with Gasteiger partial charge in [0, 0.05) is 19.8 Å². The molecule has 0 spiro atoms. The first-order valence-corrected chi connectivity index (χ1v) is 6.16. The Morgan fingerprint density at radius 3 is 2.56 bits per heavy atom. The van der Waals surface area contributed by atoms with Crippen LogP contribution in [0.5, 0.6) is 0 Å². The summed E-state index contributed by atoms with van der Waals surface area (Å²) < 4.78 is 7.35. The van der Waals surface area contributed by atoms with Gasteiger partial charge in [0.1, 0.15) is 0 Å². The van der Waals surface area contributed by atoms with Crippen LogP contribution in [0, 0.1) is 0 Å². The van der Waals surface area contributed by atoms with Gasteiger partial charge in [-0.25, -0.2) is 0 Å². The number of aryl methyl sites for hydroxylation is 2. The predicted octanol–water partition coefficient (Wildman–Crippen LogP) is 2.02. The largest absolute Gasteiger partial charge is 0.396 e. The maximum absolute atomic E-state index is 6.04. The second kappa shape index (κ2) is 6.53. The molecular weight excluding hydrogens is 202 g/mol. The van der Waals surface area contributed by atoms with Gasteiger partial charge in [-0.15, -0.1) is 0 Å².